The fourth-order valence-corrected chi connectivity index (χ4v) is 3.00. The van der Waals surface area contributed by atoms with Gasteiger partial charge in [-0.05, 0) is 33.5 Å². The molecule has 0 aliphatic heterocycles. The van der Waals surface area contributed by atoms with E-state index in [0.29, 0.717) is 6.54 Å². The molecular formula is C13H18BrFN2O3S. The van der Waals surface area contributed by atoms with Gasteiger partial charge in [0.05, 0.1) is 5.56 Å². The molecule has 0 aliphatic carbocycles. The lowest BCUT2D eigenvalue weighted by Crippen LogP contribution is -2.34. The lowest BCUT2D eigenvalue weighted by molar-refractivity contribution is 0.0744. The van der Waals surface area contributed by atoms with Gasteiger partial charge in [-0.15, -0.1) is 0 Å². The molecule has 1 amide bonds. The van der Waals surface area contributed by atoms with Crippen LogP contribution in [0, 0.1) is 11.2 Å². The summed E-state index contributed by atoms with van der Waals surface area (Å²) >= 11 is 3.07. The van der Waals surface area contributed by atoms with E-state index in [4.69, 9.17) is 5.14 Å². The molecule has 0 bridgehead atoms. The molecule has 8 heteroatoms. The highest BCUT2D eigenvalue weighted by molar-refractivity contribution is 9.10. The number of amides is 1. The van der Waals surface area contributed by atoms with Crippen LogP contribution in [0.5, 0.6) is 0 Å². The van der Waals surface area contributed by atoms with Crippen LogP contribution in [0.4, 0.5) is 4.39 Å². The summed E-state index contributed by atoms with van der Waals surface area (Å²) in [6.07, 6.45) is 0. The Bertz CT molecular complexity index is 669. The molecule has 2 N–H and O–H groups in total. The van der Waals surface area contributed by atoms with Crippen molar-refractivity contribution in [2.45, 2.75) is 25.7 Å². The lowest BCUT2D eigenvalue weighted by Gasteiger charge is -2.27. The van der Waals surface area contributed by atoms with E-state index in [2.05, 4.69) is 15.9 Å². The van der Waals surface area contributed by atoms with Crippen LogP contribution in [-0.2, 0) is 10.0 Å². The predicted octanol–water partition coefficient (Wildman–Crippen LogP) is 2.35. The molecule has 1 aromatic carbocycles. The van der Waals surface area contributed by atoms with E-state index in [9.17, 15) is 17.6 Å². The summed E-state index contributed by atoms with van der Waals surface area (Å²) in [6, 6.07) is 1.88. The number of nitrogens with zero attached hydrogens (tertiary/aromatic N) is 1. The summed E-state index contributed by atoms with van der Waals surface area (Å²) in [5, 5.41) is 4.95. The highest BCUT2D eigenvalue weighted by Gasteiger charge is 2.24. The second-order valence-corrected chi connectivity index (χ2v) is 8.41. The van der Waals surface area contributed by atoms with Crippen molar-refractivity contribution in [3.63, 3.8) is 0 Å². The highest BCUT2D eigenvalue weighted by Crippen LogP contribution is 2.25. The third-order valence-corrected chi connectivity index (χ3v) is 4.20. The number of nitrogens with two attached hydrogens (primary N) is 1. The van der Waals surface area contributed by atoms with E-state index in [1.54, 1.807) is 7.05 Å². The van der Waals surface area contributed by atoms with Crippen LogP contribution in [-0.4, -0.2) is 32.8 Å². The zero-order chi connectivity index (χ0) is 16.6. The maximum Gasteiger partial charge on any atom is 0.254 e. The van der Waals surface area contributed by atoms with Gasteiger partial charge in [-0.25, -0.2) is 17.9 Å². The van der Waals surface area contributed by atoms with Crippen molar-refractivity contribution in [1.82, 2.24) is 4.90 Å². The molecule has 1 rings (SSSR count). The zero-order valence-corrected chi connectivity index (χ0v) is 14.7. The molecule has 0 heterocycles. The largest absolute Gasteiger partial charge is 0.341 e. The van der Waals surface area contributed by atoms with E-state index in [1.165, 1.54) is 4.90 Å². The molecule has 0 aliphatic rings. The molecule has 0 aromatic heterocycles. The second-order valence-electron chi connectivity index (χ2n) is 6.03. The minimum Gasteiger partial charge on any atom is -0.341 e. The Morgan fingerprint density at radius 2 is 1.90 bits per heavy atom. The van der Waals surface area contributed by atoms with Crippen molar-refractivity contribution in [2.24, 2.45) is 10.6 Å². The van der Waals surface area contributed by atoms with Crippen molar-refractivity contribution in [3.8, 4) is 0 Å². The molecule has 0 atom stereocenters. The van der Waals surface area contributed by atoms with Gasteiger partial charge in [-0.3, -0.25) is 4.79 Å². The molecule has 1 aromatic rings. The number of primary sulfonamides is 1. The van der Waals surface area contributed by atoms with Crippen LogP contribution in [0.25, 0.3) is 0 Å². The molecule has 0 saturated carbocycles. The Morgan fingerprint density at radius 3 is 2.33 bits per heavy atom. The fourth-order valence-electron chi connectivity index (χ4n) is 1.90. The maximum absolute atomic E-state index is 13.6. The van der Waals surface area contributed by atoms with Gasteiger partial charge in [-0.2, -0.15) is 0 Å². The van der Waals surface area contributed by atoms with Crippen molar-refractivity contribution in [2.75, 3.05) is 13.6 Å². The van der Waals surface area contributed by atoms with Crippen LogP contribution in [0.3, 0.4) is 0 Å². The van der Waals surface area contributed by atoms with Crippen LogP contribution in [0.2, 0.25) is 0 Å². The summed E-state index contributed by atoms with van der Waals surface area (Å²) in [7, 11) is -2.64. The van der Waals surface area contributed by atoms with Crippen LogP contribution < -0.4 is 5.14 Å². The molecule has 0 fully saturated rings. The molecule has 5 nitrogen and oxygen atoms in total. The quantitative estimate of drug-likeness (QED) is 0.873. The Hall–Kier alpha value is -0.990. The van der Waals surface area contributed by atoms with Gasteiger partial charge in [0.1, 0.15) is 10.7 Å². The van der Waals surface area contributed by atoms with Gasteiger partial charge >= 0.3 is 0 Å². The van der Waals surface area contributed by atoms with Crippen molar-refractivity contribution in [3.05, 3.63) is 28.0 Å². The Kier molecular flexibility index (Phi) is 5.18. The zero-order valence-electron chi connectivity index (χ0n) is 12.3. The molecule has 0 saturated heterocycles. The summed E-state index contributed by atoms with van der Waals surface area (Å²) in [4.78, 5) is 13.1. The number of halogens is 2. The number of hydrogen-bond donors (Lipinski definition) is 1. The number of rotatable bonds is 3. The van der Waals surface area contributed by atoms with Gasteiger partial charge in [0.15, 0.2) is 0 Å². The van der Waals surface area contributed by atoms with E-state index < -0.39 is 26.6 Å². The minimum absolute atomic E-state index is 0.0483. The molecule has 118 valence electrons. The first-order valence-electron chi connectivity index (χ1n) is 6.10. The number of sulfonamides is 1. The molecule has 0 unspecified atom stereocenters. The third-order valence-electron chi connectivity index (χ3n) is 2.62. The predicted molar refractivity (Wildman–Crippen MR) is 81.9 cm³/mol. The first-order valence-corrected chi connectivity index (χ1v) is 8.44. The minimum atomic E-state index is -4.23. The van der Waals surface area contributed by atoms with E-state index in [-0.39, 0.29) is 15.5 Å². The summed E-state index contributed by atoms with van der Waals surface area (Å²) in [5.74, 6) is -1.42. The average Bonchev–Trinajstić information content (AvgIpc) is 2.23. The van der Waals surface area contributed by atoms with E-state index >= 15 is 0 Å². The van der Waals surface area contributed by atoms with Crippen molar-refractivity contribution >= 4 is 31.9 Å². The topological polar surface area (TPSA) is 80.5 Å². The first-order chi connectivity index (χ1) is 9.33. The maximum atomic E-state index is 13.6. The summed E-state index contributed by atoms with van der Waals surface area (Å²) in [6.45, 7) is 6.35. The normalized spacial score (nSPS) is 12.3. The molecule has 0 radical (unpaired) electrons. The number of hydrogen-bond acceptors (Lipinski definition) is 3. The molecule has 0 spiro atoms. The fraction of sp³-hybridized carbons (Fsp3) is 0.462. The van der Waals surface area contributed by atoms with Crippen LogP contribution >= 0.6 is 15.9 Å². The number of benzene rings is 1. The van der Waals surface area contributed by atoms with E-state index in [1.807, 2.05) is 20.8 Å². The Labute approximate surface area is 132 Å². The first kappa shape index (κ1) is 18.1. The van der Waals surface area contributed by atoms with Crippen molar-refractivity contribution < 1.29 is 17.6 Å². The standard InChI is InChI=1S/C13H18BrFN2O3S/c1-13(2,3)7-17(4)12(18)8-5-11(21(16,19)20)10(15)6-9(8)14/h5-6H,7H2,1-4H3,(H2,16,19,20). The van der Waals surface area contributed by atoms with Crippen molar-refractivity contribution in [1.29, 1.82) is 0 Å². The second kappa shape index (κ2) is 6.02. The number of carbonyl (C=O) groups excluding carboxylic acids is 1. The van der Waals surface area contributed by atoms with Gasteiger partial charge in [0.2, 0.25) is 10.0 Å². The smallest absolute Gasteiger partial charge is 0.254 e. The molecular weight excluding hydrogens is 363 g/mol. The Balaban J connectivity index is 3.28. The van der Waals surface area contributed by atoms with Gasteiger partial charge in [0.25, 0.3) is 5.91 Å². The third kappa shape index (κ3) is 4.76. The summed E-state index contributed by atoms with van der Waals surface area (Å²) < 4.78 is 36.5. The SMILES string of the molecule is CN(CC(C)(C)C)C(=O)c1cc(S(N)(=O)=O)c(F)cc1Br. The monoisotopic (exact) mass is 380 g/mol. The van der Waals surface area contributed by atoms with Gasteiger partial charge in [-0.1, -0.05) is 20.8 Å². The average molecular weight is 381 g/mol. The van der Waals surface area contributed by atoms with Crippen LogP contribution in [0.1, 0.15) is 31.1 Å². The van der Waals surface area contributed by atoms with Gasteiger partial charge in [0, 0.05) is 18.1 Å². The summed E-state index contributed by atoms with van der Waals surface area (Å²) in [5.41, 5.74) is -0.0770. The Morgan fingerprint density at radius 1 is 1.38 bits per heavy atom. The van der Waals surface area contributed by atoms with E-state index in [0.717, 1.165) is 12.1 Å². The van der Waals surface area contributed by atoms with Gasteiger partial charge < -0.3 is 4.90 Å². The highest BCUT2D eigenvalue weighted by atomic mass is 79.9. The molecule has 21 heavy (non-hydrogen) atoms. The van der Waals surface area contributed by atoms with Crippen LogP contribution in [0.15, 0.2) is 21.5 Å². The lowest BCUT2D eigenvalue weighted by atomic mass is 9.96. The number of carbonyl (C=O) groups is 1.